The molecule has 1 N–H and O–H groups in total. The first-order valence-electron chi connectivity index (χ1n) is 7.42. The van der Waals surface area contributed by atoms with Crippen LogP contribution in [-0.4, -0.2) is 41.0 Å². The summed E-state index contributed by atoms with van der Waals surface area (Å²) in [6.07, 6.45) is 3.55. The summed E-state index contributed by atoms with van der Waals surface area (Å²) in [6, 6.07) is 3.67. The molecule has 1 aliphatic rings. The van der Waals surface area contributed by atoms with Gasteiger partial charge in [0.25, 0.3) is 0 Å². The summed E-state index contributed by atoms with van der Waals surface area (Å²) < 4.78 is 21.8. The quantitative estimate of drug-likeness (QED) is 0.837. The van der Waals surface area contributed by atoms with Crippen molar-refractivity contribution in [3.05, 3.63) is 12.1 Å². The molecular formula is C16H25NO4. The third kappa shape index (κ3) is 4.17. The van der Waals surface area contributed by atoms with E-state index >= 15 is 0 Å². The van der Waals surface area contributed by atoms with Crippen molar-refractivity contribution in [3.8, 4) is 23.0 Å². The van der Waals surface area contributed by atoms with Crippen molar-refractivity contribution in [2.75, 3.05) is 41.0 Å². The minimum Gasteiger partial charge on any atom is -0.493 e. The van der Waals surface area contributed by atoms with Gasteiger partial charge in [-0.05, 0) is 38.3 Å². The number of benzene rings is 1. The molecule has 0 unspecified atom stereocenters. The largest absolute Gasteiger partial charge is 0.493 e. The van der Waals surface area contributed by atoms with Crippen LogP contribution in [0.4, 0.5) is 0 Å². The van der Waals surface area contributed by atoms with Crippen LogP contribution in [0, 0.1) is 5.92 Å². The number of piperidine rings is 1. The second-order valence-corrected chi connectivity index (χ2v) is 5.19. The lowest BCUT2D eigenvalue weighted by molar-refractivity contribution is 0.248. The molecule has 118 valence electrons. The monoisotopic (exact) mass is 295 g/mol. The Labute approximate surface area is 126 Å². The van der Waals surface area contributed by atoms with E-state index in [0.717, 1.165) is 31.2 Å². The summed E-state index contributed by atoms with van der Waals surface area (Å²) in [5, 5.41) is 3.38. The predicted octanol–water partition coefficient (Wildman–Crippen LogP) is 2.48. The summed E-state index contributed by atoms with van der Waals surface area (Å²) in [6.45, 7) is 2.95. The molecule has 0 aliphatic carbocycles. The number of hydrogen-bond donors (Lipinski definition) is 1. The van der Waals surface area contributed by atoms with Crippen molar-refractivity contribution in [1.29, 1.82) is 0 Å². The summed E-state index contributed by atoms with van der Waals surface area (Å²) >= 11 is 0. The van der Waals surface area contributed by atoms with Crippen LogP contribution in [0.15, 0.2) is 12.1 Å². The van der Waals surface area contributed by atoms with E-state index < -0.39 is 0 Å². The lowest BCUT2D eigenvalue weighted by atomic mass is 9.95. The summed E-state index contributed by atoms with van der Waals surface area (Å²) in [5.74, 6) is 3.33. The van der Waals surface area contributed by atoms with Crippen LogP contribution in [0.1, 0.15) is 19.3 Å². The van der Waals surface area contributed by atoms with Gasteiger partial charge in [0.2, 0.25) is 5.75 Å². The maximum atomic E-state index is 5.86. The maximum Gasteiger partial charge on any atom is 0.203 e. The summed E-state index contributed by atoms with van der Waals surface area (Å²) in [5.41, 5.74) is 0. The Balaban J connectivity index is 1.95. The molecule has 2 rings (SSSR count). The van der Waals surface area contributed by atoms with Crippen LogP contribution >= 0.6 is 0 Å². The highest BCUT2D eigenvalue weighted by molar-refractivity contribution is 5.55. The number of hydrogen-bond acceptors (Lipinski definition) is 5. The summed E-state index contributed by atoms with van der Waals surface area (Å²) in [4.78, 5) is 0. The third-order valence-corrected chi connectivity index (χ3v) is 3.89. The molecule has 1 aliphatic heterocycles. The van der Waals surface area contributed by atoms with Gasteiger partial charge in [-0.2, -0.15) is 0 Å². The van der Waals surface area contributed by atoms with E-state index in [-0.39, 0.29) is 0 Å². The van der Waals surface area contributed by atoms with Crippen molar-refractivity contribution in [3.63, 3.8) is 0 Å². The molecule has 0 bridgehead atoms. The predicted molar refractivity (Wildman–Crippen MR) is 81.8 cm³/mol. The molecule has 0 atom stereocenters. The molecule has 0 aromatic heterocycles. The van der Waals surface area contributed by atoms with Crippen LogP contribution in [0.25, 0.3) is 0 Å². The van der Waals surface area contributed by atoms with Crippen molar-refractivity contribution in [2.24, 2.45) is 5.92 Å². The molecule has 0 amide bonds. The molecule has 0 radical (unpaired) electrons. The third-order valence-electron chi connectivity index (χ3n) is 3.89. The second kappa shape index (κ2) is 7.98. The zero-order valence-corrected chi connectivity index (χ0v) is 13.1. The minimum absolute atomic E-state index is 0.589. The van der Waals surface area contributed by atoms with Gasteiger partial charge >= 0.3 is 0 Å². The van der Waals surface area contributed by atoms with E-state index in [1.54, 1.807) is 21.3 Å². The molecule has 0 spiro atoms. The van der Waals surface area contributed by atoms with Crippen molar-refractivity contribution < 1.29 is 18.9 Å². The van der Waals surface area contributed by atoms with Crippen molar-refractivity contribution >= 4 is 0 Å². The fraction of sp³-hybridized carbons (Fsp3) is 0.625. The van der Waals surface area contributed by atoms with Gasteiger partial charge in [0, 0.05) is 12.1 Å². The summed E-state index contributed by atoms with van der Waals surface area (Å²) in [7, 11) is 4.81. The van der Waals surface area contributed by atoms with Gasteiger partial charge in [-0.3, -0.25) is 0 Å². The smallest absolute Gasteiger partial charge is 0.203 e. The zero-order chi connectivity index (χ0) is 15.1. The fourth-order valence-corrected chi connectivity index (χ4v) is 2.65. The van der Waals surface area contributed by atoms with E-state index in [2.05, 4.69) is 5.32 Å². The molecule has 1 fully saturated rings. The average Bonchev–Trinajstić information content (AvgIpc) is 2.54. The van der Waals surface area contributed by atoms with E-state index in [1.165, 1.54) is 12.8 Å². The Morgan fingerprint density at radius 2 is 1.62 bits per heavy atom. The van der Waals surface area contributed by atoms with E-state index in [4.69, 9.17) is 18.9 Å². The Kier molecular flexibility index (Phi) is 5.99. The first-order chi connectivity index (χ1) is 10.3. The molecule has 1 saturated heterocycles. The first-order valence-corrected chi connectivity index (χ1v) is 7.42. The van der Waals surface area contributed by atoms with E-state index in [0.29, 0.717) is 23.9 Å². The highest BCUT2D eigenvalue weighted by atomic mass is 16.5. The average molecular weight is 295 g/mol. The lowest BCUT2D eigenvalue weighted by Crippen LogP contribution is -2.28. The number of rotatable bonds is 7. The van der Waals surface area contributed by atoms with Gasteiger partial charge in [0.1, 0.15) is 5.75 Å². The Morgan fingerprint density at radius 1 is 1.00 bits per heavy atom. The normalized spacial score (nSPS) is 15.6. The molecule has 0 saturated carbocycles. The van der Waals surface area contributed by atoms with Gasteiger partial charge in [0.05, 0.1) is 27.9 Å². The highest BCUT2D eigenvalue weighted by Crippen LogP contribution is 2.40. The van der Waals surface area contributed by atoms with Crippen molar-refractivity contribution in [2.45, 2.75) is 19.3 Å². The Hall–Kier alpha value is -1.62. The number of nitrogens with one attached hydrogen (secondary N) is 1. The molecule has 1 aromatic rings. The topological polar surface area (TPSA) is 49.0 Å². The van der Waals surface area contributed by atoms with Crippen LogP contribution in [-0.2, 0) is 0 Å². The molecule has 5 nitrogen and oxygen atoms in total. The number of methoxy groups -OCH3 is 3. The van der Waals surface area contributed by atoms with Crippen LogP contribution in [0.3, 0.4) is 0 Å². The Bertz CT molecular complexity index is 419. The molecule has 1 aromatic carbocycles. The fourth-order valence-electron chi connectivity index (χ4n) is 2.65. The highest BCUT2D eigenvalue weighted by Gasteiger charge is 2.15. The molecular weight excluding hydrogens is 270 g/mol. The molecule has 21 heavy (non-hydrogen) atoms. The molecule has 1 heterocycles. The minimum atomic E-state index is 0.589. The SMILES string of the molecule is COc1cc(OCCC2CCNCC2)cc(OC)c1OC. The first kappa shape index (κ1) is 15.8. The van der Waals surface area contributed by atoms with Gasteiger partial charge < -0.3 is 24.3 Å². The van der Waals surface area contributed by atoms with Gasteiger partial charge in [-0.1, -0.05) is 0 Å². The van der Waals surface area contributed by atoms with Gasteiger partial charge in [-0.15, -0.1) is 0 Å². The zero-order valence-electron chi connectivity index (χ0n) is 13.1. The van der Waals surface area contributed by atoms with Gasteiger partial charge in [0.15, 0.2) is 11.5 Å². The van der Waals surface area contributed by atoms with Gasteiger partial charge in [-0.25, -0.2) is 0 Å². The number of ether oxygens (including phenoxy) is 4. The van der Waals surface area contributed by atoms with Crippen LogP contribution in [0.5, 0.6) is 23.0 Å². The van der Waals surface area contributed by atoms with E-state index in [1.807, 2.05) is 12.1 Å². The molecule has 5 heteroatoms. The lowest BCUT2D eigenvalue weighted by Gasteiger charge is -2.22. The van der Waals surface area contributed by atoms with E-state index in [9.17, 15) is 0 Å². The standard InChI is InChI=1S/C16H25NO4/c1-18-14-10-13(11-15(19-2)16(14)20-3)21-9-6-12-4-7-17-8-5-12/h10-12,17H,4-9H2,1-3H3. The second-order valence-electron chi connectivity index (χ2n) is 5.19. The van der Waals surface area contributed by atoms with Crippen LogP contribution < -0.4 is 24.3 Å². The maximum absolute atomic E-state index is 5.86. The van der Waals surface area contributed by atoms with Crippen LogP contribution in [0.2, 0.25) is 0 Å². The Morgan fingerprint density at radius 3 is 2.14 bits per heavy atom. The van der Waals surface area contributed by atoms with Crippen molar-refractivity contribution in [1.82, 2.24) is 5.32 Å².